The van der Waals surface area contributed by atoms with Gasteiger partial charge in [-0.15, -0.1) is 0 Å². The van der Waals surface area contributed by atoms with E-state index in [4.69, 9.17) is 0 Å². The fourth-order valence-electron chi connectivity index (χ4n) is 2.39. The van der Waals surface area contributed by atoms with E-state index in [1.807, 2.05) is 14.0 Å². The summed E-state index contributed by atoms with van der Waals surface area (Å²) in [4.78, 5) is 17.3. The molecule has 0 radical (unpaired) electrons. The third kappa shape index (κ3) is 3.22. The van der Waals surface area contributed by atoms with Crippen molar-refractivity contribution in [1.29, 1.82) is 0 Å². The number of aromatic nitrogens is 1. The molecule has 0 aromatic carbocycles. The predicted octanol–water partition coefficient (Wildman–Crippen LogP) is 2.95. The number of nitrogens with one attached hydrogen (secondary N) is 2. The van der Waals surface area contributed by atoms with Crippen molar-refractivity contribution in [3.8, 4) is 0 Å². The molecule has 100 valence electrons. The van der Waals surface area contributed by atoms with E-state index in [1.165, 1.54) is 37.0 Å². The van der Waals surface area contributed by atoms with Crippen LogP contribution in [0.25, 0.3) is 0 Å². The van der Waals surface area contributed by atoms with Crippen molar-refractivity contribution in [2.45, 2.75) is 51.5 Å². The summed E-state index contributed by atoms with van der Waals surface area (Å²) in [6, 6.07) is 0.347. The van der Waals surface area contributed by atoms with Crippen LogP contribution >= 0.6 is 11.3 Å². The quantitative estimate of drug-likeness (QED) is 0.828. The van der Waals surface area contributed by atoms with Crippen LogP contribution in [0.4, 0.5) is 5.13 Å². The molecule has 1 heterocycles. The Kier molecular flexibility index (Phi) is 4.58. The van der Waals surface area contributed by atoms with Gasteiger partial charge in [-0.1, -0.05) is 37.0 Å². The normalized spacial score (nSPS) is 17.2. The maximum absolute atomic E-state index is 12.2. The molecule has 1 saturated carbocycles. The maximum Gasteiger partial charge on any atom is 0.263 e. The van der Waals surface area contributed by atoms with Gasteiger partial charge in [0.05, 0.1) is 5.69 Å². The SMILES string of the molecule is CNc1nc(C)c(C(=O)NC2CCCCCC2)s1. The van der Waals surface area contributed by atoms with Crippen LogP contribution in [0.5, 0.6) is 0 Å². The molecule has 4 nitrogen and oxygen atoms in total. The molecule has 18 heavy (non-hydrogen) atoms. The zero-order chi connectivity index (χ0) is 13.0. The van der Waals surface area contributed by atoms with Crippen LogP contribution in [0.15, 0.2) is 0 Å². The standard InChI is InChI=1S/C13H21N3OS/c1-9-11(18-13(14-2)15-9)12(17)16-10-7-5-3-4-6-8-10/h10H,3-8H2,1-2H3,(H,14,15)(H,16,17). The van der Waals surface area contributed by atoms with Crippen LogP contribution in [0.3, 0.4) is 0 Å². The third-order valence-electron chi connectivity index (χ3n) is 3.41. The Morgan fingerprint density at radius 3 is 2.50 bits per heavy atom. The molecule has 1 aromatic heterocycles. The number of aryl methyl sites for hydroxylation is 1. The smallest absolute Gasteiger partial charge is 0.263 e. The van der Waals surface area contributed by atoms with Gasteiger partial charge in [-0.3, -0.25) is 4.79 Å². The summed E-state index contributed by atoms with van der Waals surface area (Å²) in [5.74, 6) is 0.0402. The van der Waals surface area contributed by atoms with E-state index < -0.39 is 0 Å². The molecule has 2 rings (SSSR count). The van der Waals surface area contributed by atoms with Crippen LogP contribution in [0, 0.1) is 6.92 Å². The summed E-state index contributed by atoms with van der Waals surface area (Å²) in [7, 11) is 1.82. The van der Waals surface area contributed by atoms with Gasteiger partial charge in [-0.2, -0.15) is 0 Å². The summed E-state index contributed by atoms with van der Waals surface area (Å²) in [5.41, 5.74) is 0.815. The van der Waals surface area contributed by atoms with Crippen molar-refractivity contribution in [3.05, 3.63) is 10.6 Å². The van der Waals surface area contributed by atoms with Gasteiger partial charge < -0.3 is 10.6 Å². The first-order valence-corrected chi connectivity index (χ1v) is 7.48. The lowest BCUT2D eigenvalue weighted by Gasteiger charge is -2.15. The Morgan fingerprint density at radius 1 is 1.28 bits per heavy atom. The number of carbonyl (C=O) groups is 1. The Morgan fingerprint density at radius 2 is 1.94 bits per heavy atom. The maximum atomic E-state index is 12.2. The average molecular weight is 267 g/mol. The number of thiazole rings is 1. The Bertz CT molecular complexity index is 408. The van der Waals surface area contributed by atoms with Crippen LogP contribution in [-0.2, 0) is 0 Å². The van der Waals surface area contributed by atoms with Crippen LogP contribution in [0.2, 0.25) is 0 Å². The van der Waals surface area contributed by atoms with E-state index >= 15 is 0 Å². The monoisotopic (exact) mass is 267 g/mol. The molecule has 2 N–H and O–H groups in total. The molecule has 1 amide bonds. The molecule has 0 bridgehead atoms. The number of anilines is 1. The highest BCUT2D eigenvalue weighted by Gasteiger charge is 2.19. The zero-order valence-electron chi connectivity index (χ0n) is 11.1. The van der Waals surface area contributed by atoms with Gasteiger partial charge in [0.1, 0.15) is 4.88 Å². The van der Waals surface area contributed by atoms with Crippen LogP contribution in [-0.4, -0.2) is 24.0 Å². The minimum Gasteiger partial charge on any atom is -0.365 e. The van der Waals surface area contributed by atoms with Crippen molar-refractivity contribution in [2.75, 3.05) is 12.4 Å². The number of nitrogens with zero attached hydrogens (tertiary/aromatic N) is 1. The van der Waals surface area contributed by atoms with Gasteiger partial charge in [-0.25, -0.2) is 4.98 Å². The van der Waals surface area contributed by atoms with Crippen LogP contribution in [0.1, 0.15) is 53.9 Å². The summed E-state index contributed by atoms with van der Waals surface area (Å²) in [5, 5.41) is 6.95. The lowest BCUT2D eigenvalue weighted by atomic mass is 10.1. The van der Waals surface area contributed by atoms with Crippen molar-refractivity contribution in [1.82, 2.24) is 10.3 Å². The van der Waals surface area contributed by atoms with E-state index in [-0.39, 0.29) is 5.91 Å². The largest absolute Gasteiger partial charge is 0.365 e. The highest BCUT2D eigenvalue weighted by Crippen LogP contribution is 2.23. The van der Waals surface area contributed by atoms with Crippen molar-refractivity contribution in [3.63, 3.8) is 0 Å². The minimum absolute atomic E-state index is 0.0402. The molecule has 5 heteroatoms. The van der Waals surface area contributed by atoms with Gasteiger partial charge in [0, 0.05) is 13.1 Å². The number of carbonyl (C=O) groups excluding carboxylic acids is 1. The molecule has 0 atom stereocenters. The van der Waals surface area contributed by atoms with E-state index in [9.17, 15) is 4.79 Å². The highest BCUT2D eigenvalue weighted by atomic mass is 32.1. The molecular weight excluding hydrogens is 246 g/mol. The third-order valence-corrected chi connectivity index (χ3v) is 4.58. The van der Waals surface area contributed by atoms with Gasteiger partial charge >= 0.3 is 0 Å². The topological polar surface area (TPSA) is 54.0 Å². The molecule has 1 fully saturated rings. The van der Waals surface area contributed by atoms with Crippen LogP contribution < -0.4 is 10.6 Å². The van der Waals surface area contributed by atoms with Gasteiger partial charge in [0.15, 0.2) is 5.13 Å². The summed E-state index contributed by atoms with van der Waals surface area (Å²) >= 11 is 1.43. The second kappa shape index (κ2) is 6.18. The summed E-state index contributed by atoms with van der Waals surface area (Å²) in [6.45, 7) is 1.89. The molecular formula is C13H21N3OS. The summed E-state index contributed by atoms with van der Waals surface area (Å²) in [6.07, 6.45) is 7.29. The minimum atomic E-state index is 0.0402. The fraction of sp³-hybridized carbons (Fsp3) is 0.692. The van der Waals surface area contributed by atoms with E-state index in [1.54, 1.807) is 0 Å². The molecule has 0 unspecified atom stereocenters. The second-order valence-electron chi connectivity index (χ2n) is 4.85. The Balaban J connectivity index is 1.99. The molecule has 1 aliphatic rings. The molecule has 0 aliphatic heterocycles. The van der Waals surface area contributed by atoms with Gasteiger partial charge in [0.2, 0.25) is 0 Å². The van der Waals surface area contributed by atoms with Gasteiger partial charge in [0.25, 0.3) is 5.91 Å². The molecule has 1 aromatic rings. The van der Waals surface area contributed by atoms with Crippen molar-refractivity contribution in [2.24, 2.45) is 0 Å². The lowest BCUT2D eigenvalue weighted by molar-refractivity contribution is 0.0936. The Hall–Kier alpha value is -1.10. The molecule has 1 aliphatic carbocycles. The van der Waals surface area contributed by atoms with Crippen molar-refractivity contribution >= 4 is 22.4 Å². The predicted molar refractivity (Wildman–Crippen MR) is 75.4 cm³/mol. The first kappa shape index (κ1) is 13.3. The first-order valence-electron chi connectivity index (χ1n) is 6.66. The molecule has 0 spiro atoms. The number of amides is 1. The first-order chi connectivity index (χ1) is 8.70. The van der Waals surface area contributed by atoms with E-state index in [2.05, 4.69) is 15.6 Å². The van der Waals surface area contributed by atoms with Gasteiger partial charge in [-0.05, 0) is 19.8 Å². The molecule has 0 saturated heterocycles. The van der Waals surface area contributed by atoms with E-state index in [0.29, 0.717) is 6.04 Å². The highest BCUT2D eigenvalue weighted by molar-refractivity contribution is 7.17. The van der Waals surface area contributed by atoms with E-state index in [0.717, 1.165) is 28.5 Å². The lowest BCUT2D eigenvalue weighted by Crippen LogP contribution is -2.34. The second-order valence-corrected chi connectivity index (χ2v) is 5.84. The summed E-state index contributed by atoms with van der Waals surface area (Å²) < 4.78 is 0. The number of hydrogen-bond acceptors (Lipinski definition) is 4. The number of rotatable bonds is 3. The average Bonchev–Trinajstić information content (AvgIpc) is 2.57. The number of hydrogen-bond donors (Lipinski definition) is 2. The Labute approximate surface area is 112 Å². The fourth-order valence-corrected chi connectivity index (χ4v) is 3.21. The zero-order valence-corrected chi connectivity index (χ0v) is 11.9. The van der Waals surface area contributed by atoms with Crippen molar-refractivity contribution < 1.29 is 4.79 Å².